The number of nitrogen functional groups attached to an aromatic ring is 1. The molecule has 6 nitrogen and oxygen atoms in total. The quantitative estimate of drug-likeness (QED) is 0.750. The number of carbonyl (C=O) groups is 1. The summed E-state index contributed by atoms with van der Waals surface area (Å²) < 4.78 is 0. The molecule has 1 amide bonds. The zero-order chi connectivity index (χ0) is 12.8. The lowest BCUT2D eigenvalue weighted by molar-refractivity contribution is 0.0912. The second-order valence-electron chi connectivity index (χ2n) is 4.45. The van der Waals surface area contributed by atoms with E-state index in [-0.39, 0.29) is 12.5 Å². The molecule has 94 valence electrons. The standard InChI is InChI=1S/C11H12N4O2S/c12-6-7-10(14-4-3-13-7)18-8(6)9(17)15-11(5-16)1-2-11/h3-4,16H,1-2,5,12H2,(H,15,17). The molecule has 0 bridgehead atoms. The highest BCUT2D eigenvalue weighted by Gasteiger charge is 2.44. The number of rotatable bonds is 3. The number of nitrogens with one attached hydrogen (secondary N) is 1. The van der Waals surface area contributed by atoms with E-state index in [1.165, 1.54) is 11.3 Å². The van der Waals surface area contributed by atoms with Gasteiger partial charge in [-0.3, -0.25) is 4.79 Å². The molecule has 0 saturated heterocycles. The van der Waals surface area contributed by atoms with Crippen molar-refractivity contribution < 1.29 is 9.90 Å². The van der Waals surface area contributed by atoms with E-state index >= 15 is 0 Å². The van der Waals surface area contributed by atoms with Crippen molar-refractivity contribution >= 4 is 33.3 Å². The van der Waals surface area contributed by atoms with Crippen LogP contribution in [0.25, 0.3) is 10.3 Å². The summed E-state index contributed by atoms with van der Waals surface area (Å²) in [5.74, 6) is -0.260. The van der Waals surface area contributed by atoms with Crippen molar-refractivity contribution in [3.05, 3.63) is 17.3 Å². The summed E-state index contributed by atoms with van der Waals surface area (Å²) in [7, 11) is 0. The normalized spacial score (nSPS) is 16.7. The fraction of sp³-hybridized carbons (Fsp3) is 0.364. The van der Waals surface area contributed by atoms with E-state index in [2.05, 4.69) is 15.3 Å². The van der Waals surface area contributed by atoms with E-state index < -0.39 is 5.54 Å². The van der Waals surface area contributed by atoms with E-state index in [0.717, 1.165) is 12.8 Å². The van der Waals surface area contributed by atoms with Crippen LogP contribution in [0.3, 0.4) is 0 Å². The van der Waals surface area contributed by atoms with Crippen LogP contribution >= 0.6 is 11.3 Å². The minimum Gasteiger partial charge on any atom is -0.396 e. The predicted octanol–water partition coefficient (Wildman–Crippen LogP) is 0.528. The van der Waals surface area contributed by atoms with Crippen LogP contribution in [-0.2, 0) is 0 Å². The molecule has 1 aliphatic rings. The van der Waals surface area contributed by atoms with Crippen LogP contribution in [-0.4, -0.2) is 33.1 Å². The van der Waals surface area contributed by atoms with Gasteiger partial charge in [0.05, 0.1) is 17.8 Å². The monoisotopic (exact) mass is 264 g/mol. The average Bonchev–Trinajstić information content (AvgIpc) is 3.08. The number of thiophene rings is 1. The maximum Gasteiger partial charge on any atom is 0.264 e. The molecule has 0 spiro atoms. The number of hydrogen-bond donors (Lipinski definition) is 3. The average molecular weight is 264 g/mol. The molecule has 0 unspecified atom stereocenters. The Bertz CT molecular complexity index is 621. The Morgan fingerprint density at radius 1 is 1.50 bits per heavy atom. The van der Waals surface area contributed by atoms with Gasteiger partial charge in [-0.1, -0.05) is 0 Å². The summed E-state index contributed by atoms with van der Waals surface area (Å²) in [6.07, 6.45) is 4.71. The lowest BCUT2D eigenvalue weighted by Gasteiger charge is -2.13. The first kappa shape index (κ1) is 11.4. The predicted molar refractivity (Wildman–Crippen MR) is 68.3 cm³/mol. The van der Waals surface area contributed by atoms with Gasteiger partial charge in [-0.2, -0.15) is 0 Å². The number of hydrogen-bond acceptors (Lipinski definition) is 6. The molecule has 1 aliphatic carbocycles. The van der Waals surface area contributed by atoms with Gasteiger partial charge in [-0.05, 0) is 12.8 Å². The van der Waals surface area contributed by atoms with Gasteiger partial charge in [0.25, 0.3) is 5.91 Å². The first-order valence-electron chi connectivity index (χ1n) is 5.57. The van der Waals surface area contributed by atoms with Gasteiger partial charge in [0.15, 0.2) is 0 Å². The van der Waals surface area contributed by atoms with E-state index in [0.29, 0.717) is 20.9 Å². The summed E-state index contributed by atoms with van der Waals surface area (Å²) >= 11 is 1.22. The molecule has 0 aliphatic heterocycles. The minimum absolute atomic E-state index is 0.0416. The van der Waals surface area contributed by atoms with Crippen LogP contribution in [0.4, 0.5) is 5.69 Å². The Morgan fingerprint density at radius 2 is 2.22 bits per heavy atom. The van der Waals surface area contributed by atoms with Crippen molar-refractivity contribution in [2.75, 3.05) is 12.3 Å². The smallest absolute Gasteiger partial charge is 0.264 e. The molecule has 1 fully saturated rings. The molecule has 0 radical (unpaired) electrons. The van der Waals surface area contributed by atoms with Gasteiger partial charge in [0.2, 0.25) is 0 Å². The first-order valence-corrected chi connectivity index (χ1v) is 6.39. The Labute approximate surface area is 107 Å². The molecular weight excluding hydrogens is 252 g/mol. The van der Waals surface area contributed by atoms with Gasteiger partial charge in [-0.25, -0.2) is 9.97 Å². The molecular formula is C11H12N4O2S. The number of carbonyl (C=O) groups excluding carboxylic acids is 1. The number of anilines is 1. The highest BCUT2D eigenvalue weighted by atomic mass is 32.1. The van der Waals surface area contributed by atoms with E-state index in [9.17, 15) is 9.90 Å². The summed E-state index contributed by atoms with van der Waals surface area (Å²) in [5, 5.41) is 12.0. The lowest BCUT2D eigenvalue weighted by atomic mass is 10.2. The zero-order valence-electron chi connectivity index (χ0n) is 9.51. The largest absolute Gasteiger partial charge is 0.396 e. The van der Waals surface area contributed by atoms with Gasteiger partial charge in [0.1, 0.15) is 15.2 Å². The maximum absolute atomic E-state index is 12.1. The summed E-state index contributed by atoms with van der Waals surface area (Å²) in [6, 6.07) is 0. The number of amides is 1. The fourth-order valence-corrected chi connectivity index (χ4v) is 2.70. The van der Waals surface area contributed by atoms with Crippen LogP contribution in [0.2, 0.25) is 0 Å². The van der Waals surface area contributed by atoms with E-state index in [1.807, 2.05) is 0 Å². The van der Waals surface area contributed by atoms with Crippen LogP contribution in [0, 0.1) is 0 Å². The van der Waals surface area contributed by atoms with Gasteiger partial charge in [0, 0.05) is 12.4 Å². The number of nitrogens with two attached hydrogens (primary N) is 1. The Balaban J connectivity index is 1.94. The van der Waals surface area contributed by atoms with Crippen LogP contribution in [0.5, 0.6) is 0 Å². The molecule has 2 aromatic heterocycles. The number of aromatic nitrogens is 2. The number of nitrogens with zero attached hydrogens (tertiary/aromatic N) is 2. The zero-order valence-corrected chi connectivity index (χ0v) is 10.3. The Kier molecular flexibility index (Phi) is 2.46. The third-order valence-electron chi connectivity index (χ3n) is 3.10. The second kappa shape index (κ2) is 3.89. The van der Waals surface area contributed by atoms with Gasteiger partial charge >= 0.3 is 0 Å². The van der Waals surface area contributed by atoms with Crippen molar-refractivity contribution in [3.8, 4) is 0 Å². The van der Waals surface area contributed by atoms with Crippen LogP contribution < -0.4 is 11.1 Å². The third-order valence-corrected chi connectivity index (χ3v) is 4.21. The third kappa shape index (κ3) is 1.72. The maximum atomic E-state index is 12.1. The van der Waals surface area contributed by atoms with Gasteiger partial charge < -0.3 is 16.2 Å². The molecule has 2 aromatic rings. The molecule has 18 heavy (non-hydrogen) atoms. The molecule has 0 atom stereocenters. The van der Waals surface area contributed by atoms with Crippen molar-refractivity contribution in [3.63, 3.8) is 0 Å². The highest BCUT2D eigenvalue weighted by molar-refractivity contribution is 7.21. The Hall–Kier alpha value is -1.73. The van der Waals surface area contributed by atoms with E-state index in [4.69, 9.17) is 5.73 Å². The lowest BCUT2D eigenvalue weighted by Crippen LogP contribution is -2.39. The first-order chi connectivity index (χ1) is 8.65. The second-order valence-corrected chi connectivity index (χ2v) is 5.45. The van der Waals surface area contributed by atoms with Crippen LogP contribution in [0.1, 0.15) is 22.5 Å². The van der Waals surface area contributed by atoms with Crippen LogP contribution in [0.15, 0.2) is 12.4 Å². The minimum atomic E-state index is -0.444. The number of aliphatic hydroxyl groups is 1. The summed E-state index contributed by atoms with van der Waals surface area (Å²) in [4.78, 5) is 21.4. The number of aliphatic hydroxyl groups excluding tert-OH is 1. The SMILES string of the molecule is Nc1c(C(=O)NC2(CO)CC2)sc2nccnc12. The number of fused-ring (bicyclic) bond motifs is 1. The van der Waals surface area contributed by atoms with Crippen molar-refractivity contribution in [1.29, 1.82) is 0 Å². The summed E-state index contributed by atoms with van der Waals surface area (Å²) in [5.41, 5.74) is 6.37. The van der Waals surface area contributed by atoms with Crippen molar-refractivity contribution in [2.45, 2.75) is 18.4 Å². The molecule has 0 aromatic carbocycles. The summed E-state index contributed by atoms with van der Waals surface area (Å²) in [6.45, 7) is -0.0416. The topological polar surface area (TPSA) is 101 Å². The molecule has 1 saturated carbocycles. The van der Waals surface area contributed by atoms with E-state index in [1.54, 1.807) is 12.4 Å². The molecule has 3 rings (SSSR count). The Morgan fingerprint density at radius 3 is 2.83 bits per heavy atom. The van der Waals surface area contributed by atoms with Gasteiger partial charge in [-0.15, -0.1) is 11.3 Å². The molecule has 7 heteroatoms. The van der Waals surface area contributed by atoms with Crippen molar-refractivity contribution in [1.82, 2.24) is 15.3 Å². The molecule has 2 heterocycles. The van der Waals surface area contributed by atoms with Crippen molar-refractivity contribution in [2.24, 2.45) is 0 Å². The highest BCUT2D eigenvalue weighted by Crippen LogP contribution is 2.36. The molecule has 4 N–H and O–H groups in total. The fourth-order valence-electron chi connectivity index (χ4n) is 1.78.